The van der Waals surface area contributed by atoms with Gasteiger partial charge in [0.25, 0.3) is 0 Å². The van der Waals surface area contributed by atoms with Crippen LogP contribution < -0.4 is 9.47 Å². The number of methoxy groups -OCH3 is 1. The van der Waals surface area contributed by atoms with E-state index in [0.29, 0.717) is 0 Å². The first-order valence-corrected chi connectivity index (χ1v) is 16.4. The van der Waals surface area contributed by atoms with Crippen molar-refractivity contribution in [1.29, 1.82) is 0 Å². The van der Waals surface area contributed by atoms with Gasteiger partial charge in [-0.25, -0.2) is 0 Å². The average Bonchev–Trinajstić information content (AvgIpc) is 3.92. The third kappa shape index (κ3) is 14.0. The molecule has 1 aliphatic rings. The lowest BCUT2D eigenvalue weighted by molar-refractivity contribution is 0.377. The second-order valence-corrected chi connectivity index (χ2v) is 7.81. The van der Waals surface area contributed by atoms with Crippen molar-refractivity contribution in [3.63, 3.8) is 0 Å². The predicted molar refractivity (Wildman–Crippen MR) is 191 cm³/mol. The van der Waals surface area contributed by atoms with Crippen molar-refractivity contribution in [2.75, 3.05) is 7.11 Å². The molecule has 43 heavy (non-hydrogen) atoms. The smallest absolute Gasteiger partial charge is 0.127 e. The number of epoxide rings is 1. The summed E-state index contributed by atoms with van der Waals surface area (Å²) in [5.41, 5.74) is 5.97. The number of rotatable bonds is 6. The van der Waals surface area contributed by atoms with Crippen LogP contribution in [0, 0.1) is 6.92 Å². The van der Waals surface area contributed by atoms with Crippen LogP contribution in [0.5, 0.6) is 17.2 Å². The van der Waals surface area contributed by atoms with Gasteiger partial charge in [-0.1, -0.05) is 149 Å². The maximum atomic E-state index is 6.03. The Bertz CT molecular complexity index is 1150. The topological polar surface area (TPSA) is 31.0 Å². The molecule has 1 aliphatic heterocycles. The molecule has 0 spiro atoms. The summed E-state index contributed by atoms with van der Waals surface area (Å²) in [4.78, 5) is 0. The highest BCUT2D eigenvalue weighted by molar-refractivity contribution is 5.64. The zero-order valence-electron chi connectivity index (χ0n) is 29.6. The van der Waals surface area contributed by atoms with Gasteiger partial charge >= 0.3 is 0 Å². The zero-order chi connectivity index (χ0) is 33.2. The molecule has 2 unspecified atom stereocenters. The van der Waals surface area contributed by atoms with E-state index in [1.54, 1.807) is 7.11 Å². The molecule has 3 nitrogen and oxygen atoms in total. The van der Waals surface area contributed by atoms with Crippen LogP contribution in [0.3, 0.4) is 0 Å². The first-order chi connectivity index (χ1) is 21.2. The maximum absolute atomic E-state index is 6.03. The Labute approximate surface area is 265 Å². The Morgan fingerprint density at radius 1 is 0.419 bits per heavy atom. The highest BCUT2D eigenvalue weighted by atomic mass is 16.6. The summed E-state index contributed by atoms with van der Waals surface area (Å²) in [7, 11) is 1.67. The number of hydrogen-bond donors (Lipinski definition) is 0. The third-order valence-corrected chi connectivity index (χ3v) is 5.62. The molecule has 0 N–H and O–H groups in total. The summed E-state index contributed by atoms with van der Waals surface area (Å²) in [5.74, 6) is 2.49. The molecule has 5 rings (SSSR count). The molecule has 1 fully saturated rings. The first-order valence-electron chi connectivity index (χ1n) is 16.4. The van der Waals surface area contributed by atoms with Crippen LogP contribution in [0.2, 0.25) is 0 Å². The summed E-state index contributed by atoms with van der Waals surface area (Å²) >= 11 is 0. The van der Waals surface area contributed by atoms with Crippen molar-refractivity contribution in [2.45, 2.75) is 102 Å². The van der Waals surface area contributed by atoms with Crippen LogP contribution in [0.25, 0.3) is 11.1 Å². The van der Waals surface area contributed by atoms with E-state index in [2.05, 4.69) is 67.6 Å². The maximum Gasteiger partial charge on any atom is 0.127 e. The molecule has 0 aliphatic carbocycles. The minimum absolute atomic E-state index is 0.0937. The van der Waals surface area contributed by atoms with Crippen molar-refractivity contribution in [1.82, 2.24) is 0 Å². The van der Waals surface area contributed by atoms with Gasteiger partial charge in [0.2, 0.25) is 0 Å². The van der Waals surface area contributed by atoms with E-state index < -0.39 is 0 Å². The van der Waals surface area contributed by atoms with Crippen LogP contribution in [0.1, 0.15) is 112 Å². The molecule has 2 atom stereocenters. The molecule has 4 aromatic carbocycles. The lowest BCUT2D eigenvalue weighted by Gasteiger charge is -2.08. The van der Waals surface area contributed by atoms with Crippen molar-refractivity contribution in [3.8, 4) is 28.4 Å². The van der Waals surface area contributed by atoms with Gasteiger partial charge in [0.15, 0.2) is 0 Å². The first kappa shape index (κ1) is 41.6. The minimum Gasteiger partial charge on any atom is -0.497 e. The van der Waals surface area contributed by atoms with Crippen molar-refractivity contribution >= 4 is 0 Å². The number of hydrogen-bond acceptors (Lipinski definition) is 3. The van der Waals surface area contributed by atoms with Gasteiger partial charge in [0.1, 0.15) is 29.5 Å². The summed E-state index contributed by atoms with van der Waals surface area (Å²) in [6, 6.07) is 32.9. The Morgan fingerprint density at radius 2 is 0.721 bits per heavy atom. The van der Waals surface area contributed by atoms with E-state index in [1.807, 2.05) is 119 Å². The van der Waals surface area contributed by atoms with Crippen LogP contribution in [0.15, 0.2) is 97.1 Å². The summed E-state index contributed by atoms with van der Waals surface area (Å²) in [6.45, 7) is 26.1. The monoisotopic (exact) mass is 588 g/mol. The highest BCUT2D eigenvalue weighted by Gasteiger charge is 2.41. The second kappa shape index (κ2) is 26.1. The Hall–Kier alpha value is -3.56. The summed E-state index contributed by atoms with van der Waals surface area (Å²) in [5, 5.41) is 0. The largest absolute Gasteiger partial charge is 0.497 e. The molecule has 0 aromatic heterocycles. The van der Waals surface area contributed by atoms with Gasteiger partial charge in [-0.2, -0.15) is 0 Å². The van der Waals surface area contributed by atoms with Gasteiger partial charge in [-0.05, 0) is 65.6 Å². The normalized spacial score (nSPS) is 13.3. The van der Waals surface area contributed by atoms with E-state index in [-0.39, 0.29) is 12.2 Å². The van der Waals surface area contributed by atoms with E-state index in [4.69, 9.17) is 14.2 Å². The Balaban J connectivity index is 0. The predicted octanol–water partition coefficient (Wildman–Crippen LogP) is 13.4. The molecular weight excluding hydrogens is 528 g/mol. The van der Waals surface area contributed by atoms with Gasteiger partial charge in [0.05, 0.1) is 7.11 Å². The van der Waals surface area contributed by atoms with Gasteiger partial charge in [0, 0.05) is 0 Å². The van der Waals surface area contributed by atoms with Crippen LogP contribution in [-0.2, 0) is 4.74 Å². The molecule has 1 saturated heterocycles. The van der Waals surface area contributed by atoms with Gasteiger partial charge in [-0.15, -0.1) is 0 Å². The molecular formula is C40H60O3. The minimum atomic E-state index is 0.0937. The summed E-state index contributed by atoms with van der Waals surface area (Å²) < 4.78 is 17.1. The molecule has 0 bridgehead atoms. The lowest BCUT2D eigenvalue weighted by Crippen LogP contribution is -1.88. The van der Waals surface area contributed by atoms with Crippen LogP contribution in [-0.4, -0.2) is 7.11 Å². The molecule has 4 aromatic rings. The molecule has 0 saturated carbocycles. The number of ether oxygens (including phenoxy) is 3. The molecule has 0 amide bonds. The van der Waals surface area contributed by atoms with E-state index >= 15 is 0 Å². The Morgan fingerprint density at radius 3 is 1.07 bits per heavy atom. The Kier molecular flexibility index (Phi) is 25.2. The van der Waals surface area contributed by atoms with Crippen LogP contribution in [0.4, 0.5) is 0 Å². The highest BCUT2D eigenvalue weighted by Crippen LogP contribution is 2.51. The standard InChI is InChI=1S/C28H24O3.6C2H6/c1-19-3-5-20(6-4-19)21-7-15-25(16-8-21)30-26-17-11-23(12-18-26)28-27(31-28)22-9-13-24(29-2)14-10-22;6*1-2/h3-18,27-28H,1-2H3;6*1-2H3. The van der Waals surface area contributed by atoms with E-state index in [9.17, 15) is 0 Å². The van der Waals surface area contributed by atoms with E-state index in [0.717, 1.165) is 22.8 Å². The fourth-order valence-corrected chi connectivity index (χ4v) is 3.74. The molecule has 3 heteroatoms. The third-order valence-electron chi connectivity index (χ3n) is 5.62. The van der Waals surface area contributed by atoms with Gasteiger partial charge in [-0.3, -0.25) is 0 Å². The second-order valence-electron chi connectivity index (χ2n) is 7.81. The molecule has 0 radical (unpaired) electrons. The van der Waals surface area contributed by atoms with E-state index in [1.165, 1.54) is 22.3 Å². The number of aryl methyl sites for hydroxylation is 1. The van der Waals surface area contributed by atoms with Crippen molar-refractivity contribution in [2.24, 2.45) is 0 Å². The zero-order valence-corrected chi connectivity index (χ0v) is 29.6. The summed E-state index contributed by atoms with van der Waals surface area (Å²) in [6.07, 6.45) is 0.197. The van der Waals surface area contributed by atoms with Crippen molar-refractivity contribution in [3.05, 3.63) is 114 Å². The quantitative estimate of drug-likeness (QED) is 0.210. The SMILES string of the molecule is CC.CC.CC.CC.CC.CC.COc1ccc(C2OC2c2ccc(Oc3ccc(-c4ccc(C)cc4)cc3)cc2)cc1. The average molecular weight is 589 g/mol. The fraction of sp³-hybridized carbons (Fsp3) is 0.400. The lowest BCUT2D eigenvalue weighted by atomic mass is 10.0. The fourth-order valence-electron chi connectivity index (χ4n) is 3.74. The van der Waals surface area contributed by atoms with Crippen molar-refractivity contribution < 1.29 is 14.2 Å². The van der Waals surface area contributed by atoms with Gasteiger partial charge < -0.3 is 14.2 Å². The van der Waals surface area contributed by atoms with Crippen LogP contribution >= 0.6 is 0 Å². The molecule has 1 heterocycles. The number of benzene rings is 4. The molecule has 238 valence electrons.